The Labute approximate surface area is 101 Å². The number of imidazole rings is 1. The second-order valence-corrected chi connectivity index (χ2v) is 4.58. The summed E-state index contributed by atoms with van der Waals surface area (Å²) >= 11 is 0. The quantitative estimate of drug-likeness (QED) is 0.816. The number of esters is 1. The maximum Gasteiger partial charge on any atom is 0.360 e. The Balaban J connectivity index is 2.23. The van der Waals surface area contributed by atoms with E-state index in [0.717, 1.165) is 6.42 Å². The molecule has 1 fully saturated rings. The molecule has 5 nitrogen and oxygen atoms in total. The fourth-order valence-corrected chi connectivity index (χ4v) is 2.53. The zero-order valence-electron chi connectivity index (χ0n) is 10.3. The molecular weight excluding hydrogens is 218 g/mol. The molecule has 1 aliphatic carbocycles. The number of nitrogens with two attached hydrogens (primary N) is 1. The minimum atomic E-state index is -0.436. The fraction of sp³-hybridized carbons (Fsp3) is 0.667. The number of nitrogen functional groups attached to an aromatic ring is 1. The normalized spacial score (nSPS) is 23.9. The second-order valence-electron chi connectivity index (χ2n) is 4.58. The predicted octanol–water partition coefficient (Wildman–Crippen LogP) is 2.00. The summed E-state index contributed by atoms with van der Waals surface area (Å²) in [6.07, 6.45) is 5.17. The first kappa shape index (κ1) is 12.0. The van der Waals surface area contributed by atoms with Crippen LogP contribution in [0, 0.1) is 5.92 Å². The van der Waals surface area contributed by atoms with Crippen molar-refractivity contribution in [1.82, 2.24) is 9.55 Å². The third kappa shape index (κ3) is 2.14. The minimum Gasteiger partial charge on any atom is -0.461 e. The smallest absolute Gasteiger partial charge is 0.360 e. The summed E-state index contributed by atoms with van der Waals surface area (Å²) in [4.78, 5) is 15.7. The Morgan fingerprint density at radius 1 is 1.65 bits per heavy atom. The third-order valence-electron chi connectivity index (χ3n) is 3.47. The number of rotatable bonds is 3. The highest BCUT2D eigenvalue weighted by atomic mass is 16.5. The molecule has 0 spiro atoms. The highest BCUT2D eigenvalue weighted by Gasteiger charge is 2.28. The summed E-state index contributed by atoms with van der Waals surface area (Å²) in [6, 6.07) is 0.366. The molecule has 17 heavy (non-hydrogen) atoms. The van der Waals surface area contributed by atoms with Gasteiger partial charge in [0.2, 0.25) is 0 Å². The Morgan fingerprint density at radius 3 is 3.00 bits per heavy atom. The molecule has 1 aliphatic rings. The van der Waals surface area contributed by atoms with Crippen LogP contribution in [-0.2, 0) is 4.74 Å². The van der Waals surface area contributed by atoms with E-state index in [1.54, 1.807) is 13.3 Å². The molecule has 2 rings (SSSR count). The Kier molecular flexibility index (Phi) is 3.36. The zero-order chi connectivity index (χ0) is 12.4. The highest BCUT2D eigenvalue weighted by Crippen LogP contribution is 2.37. The molecule has 1 saturated carbocycles. The van der Waals surface area contributed by atoms with Crippen molar-refractivity contribution >= 4 is 11.8 Å². The monoisotopic (exact) mass is 237 g/mol. The van der Waals surface area contributed by atoms with Crippen LogP contribution in [0.25, 0.3) is 0 Å². The van der Waals surface area contributed by atoms with E-state index < -0.39 is 5.97 Å². The van der Waals surface area contributed by atoms with Crippen LogP contribution in [0.15, 0.2) is 6.33 Å². The summed E-state index contributed by atoms with van der Waals surface area (Å²) in [5.74, 6) is 0.582. The molecule has 0 aromatic carbocycles. The molecular formula is C12H19N3O2. The summed E-state index contributed by atoms with van der Waals surface area (Å²) in [6.45, 7) is 4.32. The van der Waals surface area contributed by atoms with Gasteiger partial charge in [0.05, 0.1) is 12.9 Å². The van der Waals surface area contributed by atoms with Crippen LogP contribution in [-0.4, -0.2) is 22.1 Å². The van der Waals surface area contributed by atoms with Gasteiger partial charge in [-0.2, -0.15) is 0 Å². The molecule has 0 saturated heterocycles. The predicted molar refractivity (Wildman–Crippen MR) is 64.6 cm³/mol. The number of hydrogen-bond acceptors (Lipinski definition) is 4. The highest BCUT2D eigenvalue weighted by molar-refractivity contribution is 5.92. The number of carbonyl (C=O) groups is 1. The van der Waals surface area contributed by atoms with E-state index in [1.165, 1.54) is 12.8 Å². The van der Waals surface area contributed by atoms with Crippen LogP contribution < -0.4 is 5.73 Å². The lowest BCUT2D eigenvalue weighted by Crippen LogP contribution is -2.15. The van der Waals surface area contributed by atoms with Crippen molar-refractivity contribution in [2.75, 3.05) is 12.3 Å². The molecule has 1 heterocycles. The molecule has 0 aliphatic heterocycles. The van der Waals surface area contributed by atoms with Crippen LogP contribution in [0.4, 0.5) is 5.82 Å². The number of carbonyl (C=O) groups excluding carboxylic acids is 1. The number of hydrogen-bond donors (Lipinski definition) is 1. The molecule has 0 bridgehead atoms. The summed E-state index contributed by atoms with van der Waals surface area (Å²) in [5.41, 5.74) is 6.22. The average Bonchev–Trinajstić information content (AvgIpc) is 2.85. The lowest BCUT2D eigenvalue weighted by atomic mass is 10.1. The van der Waals surface area contributed by atoms with Gasteiger partial charge in [-0.25, -0.2) is 9.78 Å². The van der Waals surface area contributed by atoms with Crippen LogP contribution in [0.3, 0.4) is 0 Å². The fourth-order valence-electron chi connectivity index (χ4n) is 2.53. The van der Waals surface area contributed by atoms with Crippen molar-refractivity contribution < 1.29 is 9.53 Å². The SMILES string of the molecule is CCOC(=O)c1ncn(C2CCCC2C)c1N. The summed E-state index contributed by atoms with van der Waals surface area (Å²) < 4.78 is 6.84. The van der Waals surface area contributed by atoms with E-state index >= 15 is 0 Å². The number of ether oxygens (including phenoxy) is 1. The van der Waals surface area contributed by atoms with Crippen molar-refractivity contribution in [3.63, 3.8) is 0 Å². The van der Waals surface area contributed by atoms with Crippen molar-refractivity contribution in [3.8, 4) is 0 Å². The molecule has 94 valence electrons. The van der Waals surface area contributed by atoms with Crippen LogP contribution in [0.1, 0.15) is 49.6 Å². The molecule has 2 unspecified atom stereocenters. The van der Waals surface area contributed by atoms with Gasteiger partial charge in [0.1, 0.15) is 5.82 Å². The number of aromatic nitrogens is 2. The molecule has 0 amide bonds. The van der Waals surface area contributed by atoms with Gasteiger partial charge in [0, 0.05) is 6.04 Å². The first-order valence-corrected chi connectivity index (χ1v) is 6.14. The maximum absolute atomic E-state index is 11.6. The van der Waals surface area contributed by atoms with Crippen LogP contribution in [0.5, 0.6) is 0 Å². The van der Waals surface area contributed by atoms with Crippen molar-refractivity contribution in [2.24, 2.45) is 5.92 Å². The molecule has 2 atom stereocenters. The van der Waals surface area contributed by atoms with E-state index in [0.29, 0.717) is 24.4 Å². The van der Waals surface area contributed by atoms with E-state index in [4.69, 9.17) is 10.5 Å². The van der Waals surface area contributed by atoms with Gasteiger partial charge in [-0.15, -0.1) is 0 Å². The second kappa shape index (κ2) is 4.77. The van der Waals surface area contributed by atoms with Crippen molar-refractivity contribution in [1.29, 1.82) is 0 Å². The Bertz CT molecular complexity index is 414. The standard InChI is InChI=1S/C12H19N3O2/c1-3-17-12(16)10-11(13)15(7-14-10)9-6-4-5-8(9)2/h7-9H,3-6,13H2,1-2H3. The van der Waals surface area contributed by atoms with E-state index in [1.807, 2.05) is 4.57 Å². The maximum atomic E-state index is 11.6. The van der Waals surface area contributed by atoms with Gasteiger partial charge < -0.3 is 15.0 Å². The van der Waals surface area contributed by atoms with Gasteiger partial charge in [0.25, 0.3) is 0 Å². The van der Waals surface area contributed by atoms with E-state index in [2.05, 4.69) is 11.9 Å². The number of anilines is 1. The molecule has 1 aromatic heterocycles. The molecule has 1 aromatic rings. The molecule has 0 radical (unpaired) electrons. The summed E-state index contributed by atoms with van der Waals surface area (Å²) in [5, 5.41) is 0. The lowest BCUT2D eigenvalue weighted by molar-refractivity contribution is 0.0521. The summed E-state index contributed by atoms with van der Waals surface area (Å²) in [7, 11) is 0. The minimum absolute atomic E-state index is 0.242. The van der Waals surface area contributed by atoms with Gasteiger partial charge in [-0.1, -0.05) is 13.3 Å². The van der Waals surface area contributed by atoms with Gasteiger partial charge in [0.15, 0.2) is 5.69 Å². The first-order chi connectivity index (χ1) is 8.15. The van der Waals surface area contributed by atoms with E-state index in [9.17, 15) is 4.79 Å². The van der Waals surface area contributed by atoms with Crippen LogP contribution >= 0.6 is 0 Å². The zero-order valence-corrected chi connectivity index (χ0v) is 10.3. The van der Waals surface area contributed by atoms with Crippen molar-refractivity contribution in [3.05, 3.63) is 12.0 Å². The molecule has 2 N–H and O–H groups in total. The largest absolute Gasteiger partial charge is 0.461 e. The topological polar surface area (TPSA) is 70.1 Å². The molecule has 5 heteroatoms. The lowest BCUT2D eigenvalue weighted by Gasteiger charge is -2.18. The van der Waals surface area contributed by atoms with Gasteiger partial charge >= 0.3 is 5.97 Å². The van der Waals surface area contributed by atoms with Crippen molar-refractivity contribution in [2.45, 2.75) is 39.2 Å². The average molecular weight is 237 g/mol. The third-order valence-corrected chi connectivity index (χ3v) is 3.47. The Hall–Kier alpha value is -1.52. The first-order valence-electron chi connectivity index (χ1n) is 6.14. The Morgan fingerprint density at radius 2 is 2.41 bits per heavy atom. The van der Waals surface area contributed by atoms with Gasteiger partial charge in [-0.05, 0) is 25.7 Å². The van der Waals surface area contributed by atoms with Crippen LogP contribution in [0.2, 0.25) is 0 Å². The van der Waals surface area contributed by atoms with Gasteiger partial charge in [-0.3, -0.25) is 0 Å². The van der Waals surface area contributed by atoms with E-state index in [-0.39, 0.29) is 5.69 Å². The number of nitrogens with zero attached hydrogens (tertiary/aromatic N) is 2.